The van der Waals surface area contributed by atoms with Gasteiger partial charge in [0.05, 0.1) is 12.0 Å². The number of hydrogen-bond donors (Lipinski definition) is 1. The second-order valence-electron chi connectivity index (χ2n) is 5.56. The van der Waals surface area contributed by atoms with Crippen molar-refractivity contribution in [1.82, 2.24) is 0 Å². The maximum absolute atomic E-state index is 12.1. The van der Waals surface area contributed by atoms with Gasteiger partial charge in [-0.3, -0.25) is 14.9 Å². The molecule has 1 aromatic rings. The van der Waals surface area contributed by atoms with Crippen LogP contribution in [0.2, 0.25) is 0 Å². The number of hydrogen-bond acceptors (Lipinski definition) is 4. The summed E-state index contributed by atoms with van der Waals surface area (Å²) in [6, 6.07) is 4.46. The fourth-order valence-electron chi connectivity index (χ4n) is 3.08. The van der Waals surface area contributed by atoms with Crippen LogP contribution in [0.1, 0.15) is 19.3 Å². The Kier molecular flexibility index (Phi) is 3.08. The maximum atomic E-state index is 12.1. The number of amides is 1. The Morgan fingerprint density at radius 2 is 2.05 bits per heavy atom. The zero-order chi connectivity index (χ0) is 14.3. The van der Waals surface area contributed by atoms with Crippen molar-refractivity contribution in [3.8, 4) is 5.75 Å². The number of methoxy groups -OCH3 is 1. The summed E-state index contributed by atoms with van der Waals surface area (Å²) < 4.78 is 4.93. The van der Waals surface area contributed by atoms with Gasteiger partial charge in [-0.1, -0.05) is 0 Å². The summed E-state index contributed by atoms with van der Waals surface area (Å²) in [4.78, 5) is 22.5. The zero-order valence-electron chi connectivity index (χ0n) is 11.2. The largest absolute Gasteiger partial charge is 0.490 e. The molecule has 2 saturated carbocycles. The van der Waals surface area contributed by atoms with Crippen LogP contribution in [0.25, 0.3) is 0 Å². The van der Waals surface area contributed by atoms with Crippen molar-refractivity contribution in [3.63, 3.8) is 0 Å². The average Bonchev–Trinajstić information content (AvgIpc) is 3.05. The predicted octanol–water partition coefficient (Wildman–Crippen LogP) is 2.59. The number of nitro benzene ring substituents is 1. The summed E-state index contributed by atoms with van der Waals surface area (Å²) in [5.74, 6) is 1.68. The van der Waals surface area contributed by atoms with Crippen LogP contribution in [-0.2, 0) is 4.79 Å². The summed E-state index contributed by atoms with van der Waals surface area (Å²) in [6.45, 7) is 0. The fourth-order valence-corrected chi connectivity index (χ4v) is 3.08. The lowest BCUT2D eigenvalue weighted by Gasteiger charge is -2.12. The molecule has 6 heteroatoms. The summed E-state index contributed by atoms with van der Waals surface area (Å²) in [5.41, 5.74) is 0.308. The van der Waals surface area contributed by atoms with E-state index >= 15 is 0 Å². The van der Waals surface area contributed by atoms with Gasteiger partial charge >= 0.3 is 5.69 Å². The van der Waals surface area contributed by atoms with E-state index in [0.29, 0.717) is 5.69 Å². The number of nitro groups is 1. The van der Waals surface area contributed by atoms with Gasteiger partial charge in [-0.15, -0.1) is 0 Å². The number of carbonyl (C=O) groups excluding carboxylic acids is 1. The number of ether oxygens (including phenoxy) is 1. The van der Waals surface area contributed by atoms with Gasteiger partial charge in [-0.2, -0.15) is 0 Å². The third-order valence-electron chi connectivity index (χ3n) is 4.26. The summed E-state index contributed by atoms with van der Waals surface area (Å²) in [6.07, 6.45) is 3.17. The summed E-state index contributed by atoms with van der Waals surface area (Å²) in [7, 11) is 1.38. The van der Waals surface area contributed by atoms with Crippen molar-refractivity contribution in [3.05, 3.63) is 28.3 Å². The van der Waals surface area contributed by atoms with Crippen LogP contribution in [-0.4, -0.2) is 17.9 Å². The van der Waals surface area contributed by atoms with E-state index in [1.165, 1.54) is 25.7 Å². The predicted molar refractivity (Wildman–Crippen MR) is 72.6 cm³/mol. The van der Waals surface area contributed by atoms with Gasteiger partial charge < -0.3 is 10.1 Å². The van der Waals surface area contributed by atoms with Crippen LogP contribution in [0.5, 0.6) is 5.75 Å². The second-order valence-corrected chi connectivity index (χ2v) is 5.56. The smallest absolute Gasteiger partial charge is 0.312 e. The number of nitrogens with one attached hydrogen (secondary N) is 1. The highest BCUT2D eigenvalue weighted by atomic mass is 16.6. The zero-order valence-corrected chi connectivity index (χ0v) is 11.2. The molecule has 1 N–H and O–H groups in total. The lowest BCUT2D eigenvalue weighted by atomic mass is 10.0. The van der Waals surface area contributed by atoms with E-state index in [0.717, 1.165) is 24.7 Å². The fraction of sp³-hybridized carbons (Fsp3) is 0.500. The Balaban J connectivity index is 1.72. The van der Waals surface area contributed by atoms with Crippen LogP contribution in [0.4, 0.5) is 11.4 Å². The minimum absolute atomic E-state index is 0.0309. The average molecular weight is 276 g/mol. The Morgan fingerprint density at radius 3 is 2.65 bits per heavy atom. The number of nitrogens with zero attached hydrogens (tertiary/aromatic N) is 1. The van der Waals surface area contributed by atoms with Crippen molar-refractivity contribution in [2.45, 2.75) is 19.3 Å². The van der Waals surface area contributed by atoms with Gasteiger partial charge in [-0.05, 0) is 43.2 Å². The van der Waals surface area contributed by atoms with Gasteiger partial charge in [-0.25, -0.2) is 0 Å². The summed E-state index contributed by atoms with van der Waals surface area (Å²) in [5, 5.41) is 13.7. The second kappa shape index (κ2) is 4.77. The molecule has 1 amide bonds. The molecule has 1 aromatic carbocycles. The first kappa shape index (κ1) is 12.9. The molecule has 20 heavy (non-hydrogen) atoms. The molecule has 0 heterocycles. The standard InChI is InChI=1S/C14H16N2O4/c1-20-13-3-2-11(7-12(13)16(18)19)15-14(17)10-5-8-4-9(8)6-10/h2-3,7-10H,4-6H2,1H3,(H,15,17). The first-order valence-corrected chi connectivity index (χ1v) is 6.71. The Hall–Kier alpha value is -2.11. The molecular formula is C14H16N2O4. The molecule has 0 saturated heterocycles. The van der Waals surface area contributed by atoms with Crippen molar-refractivity contribution in [2.75, 3.05) is 12.4 Å². The van der Waals surface area contributed by atoms with Crippen molar-refractivity contribution in [2.24, 2.45) is 17.8 Å². The van der Waals surface area contributed by atoms with Crippen LogP contribution >= 0.6 is 0 Å². The Labute approximate surface area is 116 Å². The molecule has 2 aliphatic carbocycles. The maximum Gasteiger partial charge on any atom is 0.312 e. The first-order chi connectivity index (χ1) is 9.58. The van der Waals surface area contributed by atoms with E-state index in [2.05, 4.69) is 5.32 Å². The highest BCUT2D eigenvalue weighted by molar-refractivity contribution is 5.93. The summed E-state index contributed by atoms with van der Waals surface area (Å²) >= 11 is 0. The third-order valence-corrected chi connectivity index (χ3v) is 4.26. The molecule has 0 bridgehead atoms. The molecule has 0 radical (unpaired) electrons. The minimum Gasteiger partial charge on any atom is -0.490 e. The van der Waals surface area contributed by atoms with Crippen LogP contribution < -0.4 is 10.1 Å². The number of benzene rings is 1. The van der Waals surface area contributed by atoms with E-state index < -0.39 is 4.92 Å². The lowest BCUT2D eigenvalue weighted by molar-refractivity contribution is -0.385. The molecule has 0 spiro atoms. The Morgan fingerprint density at radius 1 is 1.35 bits per heavy atom. The van der Waals surface area contributed by atoms with Crippen LogP contribution in [0, 0.1) is 27.9 Å². The first-order valence-electron chi connectivity index (χ1n) is 6.71. The quantitative estimate of drug-likeness (QED) is 0.677. The van der Waals surface area contributed by atoms with E-state index in [1.807, 2.05) is 0 Å². The highest BCUT2D eigenvalue weighted by Gasteiger charge is 2.48. The minimum atomic E-state index is -0.515. The molecular weight excluding hydrogens is 260 g/mol. The van der Waals surface area contributed by atoms with Gasteiger partial charge in [0.1, 0.15) is 0 Å². The highest BCUT2D eigenvalue weighted by Crippen LogP contribution is 2.54. The van der Waals surface area contributed by atoms with E-state index in [4.69, 9.17) is 4.74 Å². The van der Waals surface area contributed by atoms with Gasteiger partial charge in [0.2, 0.25) is 5.91 Å². The Bertz CT molecular complexity index is 562. The molecule has 2 unspecified atom stereocenters. The molecule has 2 atom stereocenters. The molecule has 6 nitrogen and oxygen atoms in total. The third kappa shape index (κ3) is 2.33. The number of carbonyl (C=O) groups is 1. The van der Waals surface area contributed by atoms with E-state index in [1.54, 1.807) is 6.07 Å². The van der Waals surface area contributed by atoms with Crippen LogP contribution in [0.3, 0.4) is 0 Å². The SMILES string of the molecule is COc1ccc(NC(=O)C2CC3CC3C2)cc1[N+](=O)[O-]. The number of anilines is 1. The monoisotopic (exact) mass is 276 g/mol. The van der Waals surface area contributed by atoms with Crippen molar-refractivity contribution < 1.29 is 14.5 Å². The molecule has 0 aliphatic heterocycles. The van der Waals surface area contributed by atoms with Crippen molar-refractivity contribution in [1.29, 1.82) is 0 Å². The van der Waals surface area contributed by atoms with Crippen LogP contribution in [0.15, 0.2) is 18.2 Å². The molecule has 2 aliphatic rings. The van der Waals surface area contributed by atoms with Crippen molar-refractivity contribution >= 4 is 17.3 Å². The van der Waals surface area contributed by atoms with Gasteiger partial charge in [0.25, 0.3) is 0 Å². The normalized spacial score (nSPS) is 26.8. The molecule has 2 fully saturated rings. The van der Waals surface area contributed by atoms with E-state index in [9.17, 15) is 14.9 Å². The van der Waals surface area contributed by atoms with Gasteiger partial charge in [0.15, 0.2) is 5.75 Å². The molecule has 0 aromatic heterocycles. The number of fused-ring (bicyclic) bond motifs is 1. The molecule has 3 rings (SSSR count). The topological polar surface area (TPSA) is 81.5 Å². The lowest BCUT2D eigenvalue weighted by Crippen LogP contribution is -2.21. The van der Waals surface area contributed by atoms with E-state index in [-0.39, 0.29) is 23.3 Å². The molecule has 106 valence electrons. The van der Waals surface area contributed by atoms with Gasteiger partial charge in [0, 0.05) is 17.7 Å². The number of rotatable bonds is 4.